The quantitative estimate of drug-likeness (QED) is 0.116. The van der Waals surface area contributed by atoms with Crippen LogP contribution in [0, 0.1) is 0 Å². The molecule has 0 aliphatic heterocycles. The Morgan fingerprint density at radius 3 is 2.51 bits per heavy atom. The second kappa shape index (κ2) is 10.2. The van der Waals surface area contributed by atoms with Gasteiger partial charge in [-0.25, -0.2) is 0 Å². The van der Waals surface area contributed by atoms with Gasteiger partial charge in [0.25, 0.3) is 5.24 Å². The Morgan fingerprint density at radius 1 is 0.971 bits per heavy atom. The summed E-state index contributed by atoms with van der Waals surface area (Å²) in [5, 5.41) is 3.17. The monoisotopic (exact) mass is 519 g/mol. The molecule has 0 atom stereocenters. The summed E-state index contributed by atoms with van der Waals surface area (Å²) >= 11 is 9.12. The van der Waals surface area contributed by atoms with Crippen molar-refractivity contribution in [2.24, 2.45) is 0 Å². The summed E-state index contributed by atoms with van der Waals surface area (Å²) < 4.78 is 8.17. The first kappa shape index (κ1) is 23.5. The smallest absolute Gasteiger partial charge is 0.293 e. The van der Waals surface area contributed by atoms with Crippen LogP contribution in [0.25, 0.3) is 16.0 Å². The number of ether oxygens (including phenoxy) is 1. The molecule has 0 radical (unpaired) electrons. The predicted molar refractivity (Wildman–Crippen MR) is 143 cm³/mol. The predicted octanol–water partition coefficient (Wildman–Crippen LogP) is 7.41. The Balaban J connectivity index is 1.65. The number of aromatic nitrogens is 1. The van der Waals surface area contributed by atoms with E-state index in [1.165, 1.54) is 15.3 Å². The zero-order valence-electron chi connectivity index (χ0n) is 19.0. The van der Waals surface area contributed by atoms with Crippen LogP contribution in [0.4, 0.5) is 0 Å². The molecule has 0 bridgehead atoms. The zero-order chi connectivity index (χ0) is 24.4. The van der Waals surface area contributed by atoms with Crippen molar-refractivity contribution < 1.29 is 14.3 Å². The van der Waals surface area contributed by atoms with Gasteiger partial charge in [-0.1, -0.05) is 43.3 Å². The molecule has 1 aromatic carbocycles. The van der Waals surface area contributed by atoms with Crippen molar-refractivity contribution in [1.29, 1.82) is 0 Å². The van der Waals surface area contributed by atoms with Crippen LogP contribution in [0.1, 0.15) is 39.0 Å². The largest absolute Gasteiger partial charge is 0.487 e. The molecule has 0 unspecified atom stereocenters. The summed E-state index contributed by atoms with van der Waals surface area (Å²) in [6, 6.07) is 19.9. The van der Waals surface area contributed by atoms with Crippen LogP contribution in [0.2, 0.25) is 0 Å². The topological polar surface area (TPSA) is 47.8 Å². The van der Waals surface area contributed by atoms with Gasteiger partial charge in [-0.2, -0.15) is 0 Å². The highest BCUT2D eigenvalue weighted by Crippen LogP contribution is 2.37. The minimum Gasteiger partial charge on any atom is -0.487 e. The van der Waals surface area contributed by atoms with Gasteiger partial charge >= 0.3 is 0 Å². The molecule has 0 spiro atoms. The van der Waals surface area contributed by atoms with E-state index in [1.54, 1.807) is 22.7 Å². The maximum Gasteiger partial charge on any atom is 0.293 e. The number of hydrogen-bond donors (Lipinski definition) is 0. The van der Waals surface area contributed by atoms with E-state index in [-0.39, 0.29) is 0 Å². The number of hydrogen-bond acceptors (Lipinski definition) is 5. The maximum atomic E-state index is 13.1. The SMILES string of the molecule is CCc1c(C(=O)C(=O)Cl)c2c(OCc3ccccc3)cccn2c1Cc1sccc1-c1cccs1. The normalized spacial score (nSPS) is 11.1. The van der Waals surface area contributed by atoms with Crippen LogP contribution in [-0.2, 0) is 24.2 Å². The molecule has 176 valence electrons. The minimum atomic E-state index is -0.994. The lowest BCUT2D eigenvalue weighted by Crippen LogP contribution is -2.10. The third kappa shape index (κ3) is 4.57. The molecule has 0 N–H and O–H groups in total. The third-order valence-electron chi connectivity index (χ3n) is 5.99. The summed E-state index contributed by atoms with van der Waals surface area (Å²) in [6.07, 6.45) is 3.13. The van der Waals surface area contributed by atoms with Crippen molar-refractivity contribution in [2.45, 2.75) is 26.4 Å². The maximum absolute atomic E-state index is 13.1. The number of rotatable bonds is 9. The molecule has 4 nitrogen and oxygen atoms in total. The van der Waals surface area contributed by atoms with Gasteiger partial charge in [-0.15, -0.1) is 22.7 Å². The second-order valence-electron chi connectivity index (χ2n) is 8.03. The highest BCUT2D eigenvalue weighted by atomic mass is 35.5. The van der Waals surface area contributed by atoms with Gasteiger partial charge in [0.2, 0.25) is 5.78 Å². The summed E-state index contributed by atoms with van der Waals surface area (Å²) in [6.45, 7) is 2.34. The van der Waals surface area contributed by atoms with E-state index in [1.807, 2.05) is 66.1 Å². The van der Waals surface area contributed by atoms with Gasteiger partial charge in [0.05, 0.1) is 11.1 Å². The number of pyridine rings is 1. The van der Waals surface area contributed by atoms with E-state index in [0.29, 0.717) is 36.3 Å². The molecule has 35 heavy (non-hydrogen) atoms. The number of benzene rings is 1. The van der Waals surface area contributed by atoms with Crippen molar-refractivity contribution in [1.82, 2.24) is 4.40 Å². The minimum absolute atomic E-state index is 0.334. The Morgan fingerprint density at radius 2 is 1.80 bits per heavy atom. The molecule has 0 fully saturated rings. The average Bonchev–Trinajstić information content (AvgIpc) is 3.62. The standard InChI is InChI=1S/C28H22ClNO3S2/c1-2-19-21(16-24-20(12-15-35-24)23-11-7-14-34-23)30-13-6-10-22(26(30)25(19)27(31)28(29)32)33-17-18-8-4-3-5-9-18/h3-15H,2,16-17H2,1H3. The van der Waals surface area contributed by atoms with Gasteiger partial charge in [0.1, 0.15) is 12.4 Å². The van der Waals surface area contributed by atoms with E-state index in [9.17, 15) is 9.59 Å². The van der Waals surface area contributed by atoms with Gasteiger partial charge in [0.15, 0.2) is 0 Å². The molecule has 0 amide bonds. The lowest BCUT2D eigenvalue weighted by atomic mass is 10.0. The van der Waals surface area contributed by atoms with E-state index >= 15 is 0 Å². The molecule has 4 aromatic heterocycles. The van der Waals surface area contributed by atoms with Gasteiger partial charge < -0.3 is 9.14 Å². The first-order chi connectivity index (χ1) is 17.1. The lowest BCUT2D eigenvalue weighted by molar-refractivity contribution is -0.108. The van der Waals surface area contributed by atoms with Crippen molar-refractivity contribution in [3.63, 3.8) is 0 Å². The molecule has 0 aliphatic rings. The number of carbonyl (C=O) groups is 2. The summed E-state index contributed by atoms with van der Waals surface area (Å²) in [5.74, 6) is -0.157. The number of fused-ring (bicyclic) bond motifs is 1. The van der Waals surface area contributed by atoms with Crippen LogP contribution < -0.4 is 4.74 Å². The molecule has 0 saturated heterocycles. The van der Waals surface area contributed by atoms with Gasteiger partial charge in [-0.3, -0.25) is 9.59 Å². The molecular weight excluding hydrogens is 498 g/mol. The van der Waals surface area contributed by atoms with E-state index < -0.39 is 11.0 Å². The van der Waals surface area contributed by atoms with E-state index in [0.717, 1.165) is 16.8 Å². The summed E-state index contributed by atoms with van der Waals surface area (Å²) in [7, 11) is 0. The lowest BCUT2D eigenvalue weighted by Gasteiger charge is -2.10. The van der Waals surface area contributed by atoms with E-state index in [4.69, 9.17) is 16.3 Å². The van der Waals surface area contributed by atoms with Crippen LogP contribution >= 0.6 is 34.3 Å². The van der Waals surface area contributed by atoms with E-state index in [2.05, 4.69) is 22.9 Å². The van der Waals surface area contributed by atoms with Crippen LogP contribution in [-0.4, -0.2) is 15.4 Å². The Labute approximate surface area is 216 Å². The van der Waals surface area contributed by atoms with Gasteiger partial charge in [-0.05, 0) is 64.2 Å². The first-order valence-corrected chi connectivity index (χ1v) is 13.4. The molecule has 7 heteroatoms. The summed E-state index contributed by atoms with van der Waals surface area (Å²) in [4.78, 5) is 27.5. The molecule has 4 heterocycles. The number of halogens is 1. The molecule has 5 aromatic rings. The Bertz CT molecular complexity index is 1500. The molecular formula is C28H22ClNO3S2. The zero-order valence-corrected chi connectivity index (χ0v) is 21.4. The number of carbonyl (C=O) groups excluding carboxylic acids is 2. The average molecular weight is 520 g/mol. The van der Waals surface area contributed by atoms with Crippen molar-refractivity contribution in [3.8, 4) is 16.2 Å². The highest BCUT2D eigenvalue weighted by Gasteiger charge is 2.28. The number of ketones is 1. The van der Waals surface area contributed by atoms with Crippen molar-refractivity contribution in [3.05, 3.63) is 105 Å². The Hall–Kier alpha value is -3.19. The second-order valence-corrected chi connectivity index (χ2v) is 10.3. The highest BCUT2D eigenvalue weighted by molar-refractivity contribution is 7.14. The molecule has 0 aliphatic carbocycles. The number of nitrogens with zero attached hydrogens (tertiary/aromatic N) is 1. The number of Topliss-reactive ketones (excluding diaryl/α,β-unsaturated/α-hetero) is 1. The van der Waals surface area contributed by atoms with Crippen molar-refractivity contribution in [2.75, 3.05) is 0 Å². The fraction of sp³-hybridized carbons (Fsp3) is 0.143. The van der Waals surface area contributed by atoms with Crippen LogP contribution in [0.15, 0.2) is 77.6 Å². The van der Waals surface area contributed by atoms with Crippen molar-refractivity contribution >= 4 is 50.8 Å². The fourth-order valence-corrected chi connectivity index (χ4v) is 6.27. The van der Waals surface area contributed by atoms with Crippen LogP contribution in [0.3, 0.4) is 0 Å². The fourth-order valence-electron chi connectivity index (χ4n) is 4.44. The van der Waals surface area contributed by atoms with Gasteiger partial charge in [0, 0.05) is 33.6 Å². The number of thiophene rings is 2. The van der Waals surface area contributed by atoms with Crippen LogP contribution in [0.5, 0.6) is 5.75 Å². The third-order valence-corrected chi connectivity index (χ3v) is 7.99. The first-order valence-electron chi connectivity index (χ1n) is 11.2. The Kier molecular flexibility index (Phi) is 6.86. The summed E-state index contributed by atoms with van der Waals surface area (Å²) in [5.41, 5.74) is 4.92. The molecule has 0 saturated carbocycles. The molecule has 5 rings (SSSR count).